The molecule has 0 unspecified atom stereocenters. The van der Waals surface area contributed by atoms with Gasteiger partial charge >= 0.3 is 5.97 Å². The Morgan fingerprint density at radius 3 is 2.05 bits per heavy atom. The number of hydrogen-bond donors (Lipinski definition) is 1. The van der Waals surface area contributed by atoms with Crippen molar-refractivity contribution in [2.45, 2.75) is 70.6 Å². The van der Waals surface area contributed by atoms with Gasteiger partial charge in [-0.1, -0.05) is 88.6 Å². The Hall–Kier alpha value is -1.31. The topological polar surface area (TPSA) is 37.3 Å². The number of carboxylic acid groups (broad SMARTS) is 1. The molecule has 0 heterocycles. The highest BCUT2D eigenvalue weighted by Crippen LogP contribution is 2.23. The summed E-state index contributed by atoms with van der Waals surface area (Å²) in [6, 6.07) is 9.60. The average Bonchev–Trinajstić information content (AvgIpc) is 2.46. The quantitative estimate of drug-likeness (QED) is 0.550. The van der Waals surface area contributed by atoms with Crippen molar-refractivity contribution in [1.29, 1.82) is 0 Å². The van der Waals surface area contributed by atoms with E-state index in [0.29, 0.717) is 0 Å². The maximum absolute atomic E-state index is 11.3. The fourth-order valence-electron chi connectivity index (χ4n) is 2.60. The smallest absolute Gasteiger partial charge is 0.310 e. The van der Waals surface area contributed by atoms with Gasteiger partial charge < -0.3 is 5.11 Å². The normalized spacial score (nSPS) is 12.2. The Morgan fingerprint density at radius 1 is 0.950 bits per heavy atom. The zero-order chi connectivity index (χ0) is 14.6. The van der Waals surface area contributed by atoms with E-state index in [4.69, 9.17) is 0 Å². The Labute approximate surface area is 123 Å². The summed E-state index contributed by atoms with van der Waals surface area (Å²) in [6.45, 7) is 2.23. The molecule has 0 saturated carbocycles. The maximum Gasteiger partial charge on any atom is 0.310 e. The van der Waals surface area contributed by atoms with Crippen LogP contribution in [-0.2, 0) is 4.79 Å². The van der Waals surface area contributed by atoms with Gasteiger partial charge in [0.25, 0.3) is 0 Å². The minimum absolute atomic E-state index is 0.337. The first-order chi connectivity index (χ1) is 9.75. The summed E-state index contributed by atoms with van der Waals surface area (Å²) in [7, 11) is 0. The van der Waals surface area contributed by atoms with E-state index < -0.39 is 5.97 Å². The van der Waals surface area contributed by atoms with E-state index >= 15 is 0 Å². The van der Waals surface area contributed by atoms with Crippen LogP contribution in [0.2, 0.25) is 0 Å². The van der Waals surface area contributed by atoms with Crippen molar-refractivity contribution in [1.82, 2.24) is 0 Å². The van der Waals surface area contributed by atoms with Crippen molar-refractivity contribution in [2.75, 3.05) is 0 Å². The lowest BCUT2D eigenvalue weighted by Crippen LogP contribution is -2.11. The molecule has 0 aliphatic rings. The molecule has 0 bridgehead atoms. The molecular weight excluding hydrogens is 248 g/mol. The first kappa shape index (κ1) is 16.7. The molecule has 2 heteroatoms. The number of benzene rings is 1. The van der Waals surface area contributed by atoms with E-state index in [0.717, 1.165) is 24.8 Å². The van der Waals surface area contributed by atoms with Gasteiger partial charge in [0.15, 0.2) is 0 Å². The van der Waals surface area contributed by atoms with Crippen LogP contribution < -0.4 is 0 Å². The number of rotatable bonds is 11. The van der Waals surface area contributed by atoms with Gasteiger partial charge in [0.05, 0.1) is 5.92 Å². The molecule has 1 N–H and O–H groups in total. The standard InChI is InChI=1S/C18H28O2/c1-2-3-4-5-6-7-8-12-15-17(18(19)20)16-13-10-9-11-14-16/h9-11,13-14,17H,2-8,12,15H2,1H3,(H,19,20)/t17-/m0/s1. The third kappa shape index (κ3) is 6.74. The zero-order valence-corrected chi connectivity index (χ0v) is 12.7. The predicted molar refractivity (Wildman–Crippen MR) is 84.0 cm³/mol. The van der Waals surface area contributed by atoms with E-state index in [1.807, 2.05) is 30.3 Å². The Bertz CT molecular complexity index is 359. The molecule has 0 amide bonds. The summed E-state index contributed by atoms with van der Waals surface area (Å²) in [5.74, 6) is -1.03. The van der Waals surface area contributed by atoms with E-state index in [1.165, 1.54) is 38.5 Å². The predicted octanol–water partition coefficient (Wildman–Crippen LogP) is 5.39. The molecule has 0 saturated heterocycles. The molecule has 0 aliphatic heterocycles. The Kier molecular flexibility index (Phi) is 8.77. The fraction of sp³-hybridized carbons (Fsp3) is 0.611. The van der Waals surface area contributed by atoms with Gasteiger partial charge in [-0.2, -0.15) is 0 Å². The van der Waals surface area contributed by atoms with Crippen LogP contribution in [-0.4, -0.2) is 11.1 Å². The molecule has 0 aliphatic carbocycles. The van der Waals surface area contributed by atoms with Gasteiger partial charge in [0.2, 0.25) is 0 Å². The van der Waals surface area contributed by atoms with Crippen LogP contribution in [0.4, 0.5) is 0 Å². The van der Waals surface area contributed by atoms with Crippen LogP contribution in [0, 0.1) is 0 Å². The third-order valence-electron chi connectivity index (χ3n) is 3.85. The molecule has 20 heavy (non-hydrogen) atoms. The van der Waals surface area contributed by atoms with Crippen LogP contribution in [0.1, 0.15) is 76.2 Å². The average molecular weight is 276 g/mol. The van der Waals surface area contributed by atoms with Crippen molar-refractivity contribution in [3.05, 3.63) is 35.9 Å². The minimum Gasteiger partial charge on any atom is -0.481 e. The summed E-state index contributed by atoms with van der Waals surface area (Å²) in [4.78, 5) is 11.3. The summed E-state index contributed by atoms with van der Waals surface area (Å²) in [5.41, 5.74) is 0.933. The highest BCUT2D eigenvalue weighted by molar-refractivity contribution is 5.75. The summed E-state index contributed by atoms with van der Waals surface area (Å²) >= 11 is 0. The van der Waals surface area contributed by atoms with E-state index in [2.05, 4.69) is 6.92 Å². The van der Waals surface area contributed by atoms with Crippen LogP contribution in [0.15, 0.2) is 30.3 Å². The lowest BCUT2D eigenvalue weighted by molar-refractivity contribution is -0.139. The Morgan fingerprint density at radius 2 is 1.50 bits per heavy atom. The maximum atomic E-state index is 11.3. The zero-order valence-electron chi connectivity index (χ0n) is 12.7. The first-order valence-electron chi connectivity index (χ1n) is 8.03. The van der Waals surface area contributed by atoms with Crippen LogP contribution in [0.3, 0.4) is 0 Å². The van der Waals surface area contributed by atoms with Crippen LogP contribution in [0.5, 0.6) is 0 Å². The van der Waals surface area contributed by atoms with Crippen LogP contribution >= 0.6 is 0 Å². The lowest BCUT2D eigenvalue weighted by atomic mass is 9.93. The first-order valence-corrected chi connectivity index (χ1v) is 8.03. The second kappa shape index (κ2) is 10.5. The highest BCUT2D eigenvalue weighted by atomic mass is 16.4. The number of unbranched alkanes of at least 4 members (excludes halogenated alkanes) is 7. The van der Waals surface area contributed by atoms with Gasteiger partial charge in [-0.15, -0.1) is 0 Å². The fourth-order valence-corrected chi connectivity index (χ4v) is 2.60. The van der Waals surface area contributed by atoms with Gasteiger partial charge in [0, 0.05) is 0 Å². The monoisotopic (exact) mass is 276 g/mol. The second-order valence-corrected chi connectivity index (χ2v) is 5.57. The lowest BCUT2D eigenvalue weighted by Gasteiger charge is -2.12. The van der Waals surface area contributed by atoms with Gasteiger partial charge in [-0.25, -0.2) is 0 Å². The van der Waals surface area contributed by atoms with Crippen molar-refractivity contribution < 1.29 is 9.90 Å². The molecule has 0 fully saturated rings. The van der Waals surface area contributed by atoms with Crippen molar-refractivity contribution in [3.63, 3.8) is 0 Å². The van der Waals surface area contributed by atoms with Crippen molar-refractivity contribution in [3.8, 4) is 0 Å². The third-order valence-corrected chi connectivity index (χ3v) is 3.85. The van der Waals surface area contributed by atoms with E-state index in [9.17, 15) is 9.90 Å². The molecule has 1 atom stereocenters. The highest BCUT2D eigenvalue weighted by Gasteiger charge is 2.18. The van der Waals surface area contributed by atoms with Crippen molar-refractivity contribution >= 4 is 5.97 Å². The molecule has 0 aromatic heterocycles. The number of aliphatic carboxylic acids is 1. The second-order valence-electron chi connectivity index (χ2n) is 5.57. The van der Waals surface area contributed by atoms with E-state index in [-0.39, 0.29) is 5.92 Å². The molecule has 1 aromatic carbocycles. The van der Waals surface area contributed by atoms with Crippen molar-refractivity contribution in [2.24, 2.45) is 0 Å². The number of carboxylic acids is 1. The van der Waals surface area contributed by atoms with Gasteiger partial charge in [-0.3, -0.25) is 4.79 Å². The Balaban J connectivity index is 2.19. The molecule has 2 nitrogen and oxygen atoms in total. The molecular formula is C18H28O2. The molecule has 0 spiro atoms. The molecule has 112 valence electrons. The minimum atomic E-state index is -0.695. The molecule has 1 rings (SSSR count). The van der Waals surface area contributed by atoms with Gasteiger partial charge in [-0.05, 0) is 12.0 Å². The summed E-state index contributed by atoms with van der Waals surface area (Å²) in [5, 5.41) is 9.33. The largest absolute Gasteiger partial charge is 0.481 e. The number of carbonyl (C=O) groups is 1. The molecule has 0 radical (unpaired) electrons. The SMILES string of the molecule is CCCCCCCCCC[C@H](C(=O)O)c1ccccc1. The van der Waals surface area contributed by atoms with Crippen LogP contribution in [0.25, 0.3) is 0 Å². The number of hydrogen-bond acceptors (Lipinski definition) is 1. The molecule has 1 aromatic rings. The van der Waals surface area contributed by atoms with E-state index in [1.54, 1.807) is 0 Å². The summed E-state index contributed by atoms with van der Waals surface area (Å²) in [6.07, 6.45) is 10.8. The van der Waals surface area contributed by atoms with Gasteiger partial charge in [0.1, 0.15) is 0 Å². The summed E-state index contributed by atoms with van der Waals surface area (Å²) < 4.78 is 0.